The van der Waals surface area contributed by atoms with Gasteiger partial charge in [0.05, 0.1) is 22.7 Å². The van der Waals surface area contributed by atoms with Crippen LogP contribution in [-0.4, -0.2) is 98.7 Å². The molecule has 3 aromatic rings. The van der Waals surface area contributed by atoms with Gasteiger partial charge in [0.15, 0.2) is 0 Å². The number of hydrogen-bond acceptors (Lipinski definition) is 8. The third-order valence-corrected chi connectivity index (χ3v) is 7.52. The van der Waals surface area contributed by atoms with Crippen LogP contribution < -0.4 is 11.1 Å². The van der Waals surface area contributed by atoms with Crippen molar-refractivity contribution in [1.82, 2.24) is 24.3 Å². The zero-order chi connectivity index (χ0) is 30.2. The van der Waals surface area contributed by atoms with Crippen molar-refractivity contribution in [1.29, 1.82) is 0 Å². The molecule has 0 unspecified atom stereocenters. The molecule has 2 aliphatic rings. The van der Waals surface area contributed by atoms with Gasteiger partial charge in [0.25, 0.3) is 5.91 Å². The van der Waals surface area contributed by atoms with E-state index < -0.39 is 11.9 Å². The molecule has 13 heteroatoms. The second-order valence-corrected chi connectivity index (χ2v) is 11.1. The van der Waals surface area contributed by atoms with Gasteiger partial charge < -0.3 is 35.3 Å². The fourth-order valence-electron chi connectivity index (χ4n) is 4.93. The molecular weight excluding hydrogens is 562 g/mol. The number of nitrogens with two attached hydrogens (primary N) is 1. The first-order chi connectivity index (χ1) is 20.1. The van der Waals surface area contributed by atoms with Crippen molar-refractivity contribution in [3.63, 3.8) is 0 Å². The van der Waals surface area contributed by atoms with Gasteiger partial charge in [-0.25, -0.2) is 14.8 Å². The molecule has 0 atom stereocenters. The van der Waals surface area contributed by atoms with E-state index in [0.717, 1.165) is 6.42 Å². The molecule has 2 aliphatic heterocycles. The standard InChI is InChI=1S/C21H20ClN5O5.C8H18N2/c22-14-3-5-17(23-11-14)25-18(28)12-27-16-4-2-13(10-15(16)24-19(27)21(30)31)20(29)26-6-1-8-32-9-7-26;1-7(2)10-5-3-8(9)4-6-10/h2-5,10-11H,1,6-9,12H2,(H,30,31)(H,23,25,28);7-8H,3-6,9H2,1-2H3. The molecule has 4 heterocycles. The number of amides is 2. The number of rotatable bonds is 6. The number of carboxylic acid groups (broad SMARTS) is 1. The van der Waals surface area contributed by atoms with Crippen LogP contribution in [0.1, 0.15) is 54.1 Å². The van der Waals surface area contributed by atoms with Gasteiger partial charge in [0, 0.05) is 43.5 Å². The minimum atomic E-state index is -1.28. The number of nitrogens with one attached hydrogen (secondary N) is 1. The van der Waals surface area contributed by atoms with Gasteiger partial charge in [0.2, 0.25) is 11.7 Å². The Labute approximate surface area is 249 Å². The van der Waals surface area contributed by atoms with Crippen LogP contribution in [0.15, 0.2) is 36.5 Å². The highest BCUT2D eigenvalue weighted by molar-refractivity contribution is 6.30. The smallest absolute Gasteiger partial charge is 0.372 e. The number of fused-ring (bicyclic) bond motifs is 1. The molecule has 2 amide bonds. The highest BCUT2D eigenvalue weighted by Crippen LogP contribution is 2.20. The Morgan fingerprint density at radius 1 is 1.12 bits per heavy atom. The molecule has 0 saturated carbocycles. The molecule has 2 saturated heterocycles. The highest BCUT2D eigenvalue weighted by atomic mass is 35.5. The van der Waals surface area contributed by atoms with Crippen LogP contribution in [-0.2, 0) is 16.1 Å². The van der Waals surface area contributed by atoms with E-state index in [4.69, 9.17) is 22.1 Å². The predicted octanol–water partition coefficient (Wildman–Crippen LogP) is 3.10. The number of hydrogen-bond donors (Lipinski definition) is 3. The van der Waals surface area contributed by atoms with Crippen LogP contribution in [0.25, 0.3) is 11.0 Å². The lowest BCUT2D eigenvalue weighted by molar-refractivity contribution is -0.116. The Hall–Kier alpha value is -3.58. The zero-order valence-electron chi connectivity index (χ0n) is 24.0. The summed E-state index contributed by atoms with van der Waals surface area (Å²) in [4.78, 5) is 49.4. The van der Waals surface area contributed by atoms with E-state index >= 15 is 0 Å². The Kier molecular flexibility index (Phi) is 10.9. The molecule has 42 heavy (non-hydrogen) atoms. The Balaban J connectivity index is 0.000000343. The molecule has 0 radical (unpaired) electrons. The second-order valence-electron chi connectivity index (χ2n) is 10.7. The fourth-order valence-corrected chi connectivity index (χ4v) is 5.04. The van der Waals surface area contributed by atoms with Crippen molar-refractivity contribution in [3.8, 4) is 0 Å². The highest BCUT2D eigenvalue weighted by Gasteiger charge is 2.22. The van der Waals surface area contributed by atoms with Gasteiger partial charge in [-0.1, -0.05) is 11.6 Å². The van der Waals surface area contributed by atoms with Crippen LogP contribution in [0.5, 0.6) is 0 Å². The number of halogens is 1. The van der Waals surface area contributed by atoms with Crippen molar-refractivity contribution >= 4 is 46.2 Å². The summed E-state index contributed by atoms with van der Waals surface area (Å²) in [6.07, 6.45) is 4.50. The maximum Gasteiger partial charge on any atom is 0.372 e. The summed E-state index contributed by atoms with van der Waals surface area (Å²) in [5.74, 6) is -1.94. The lowest BCUT2D eigenvalue weighted by Gasteiger charge is -2.32. The van der Waals surface area contributed by atoms with Gasteiger partial charge in [0.1, 0.15) is 12.4 Å². The van der Waals surface area contributed by atoms with E-state index in [0.29, 0.717) is 60.0 Å². The number of likely N-dealkylation sites (tertiary alicyclic amines) is 1. The average Bonchev–Trinajstić information content (AvgIpc) is 3.12. The maximum atomic E-state index is 12.9. The summed E-state index contributed by atoms with van der Waals surface area (Å²) in [5.41, 5.74) is 6.91. The van der Waals surface area contributed by atoms with E-state index in [9.17, 15) is 19.5 Å². The number of carbonyl (C=O) groups is 3. The molecule has 2 aromatic heterocycles. The number of carbonyl (C=O) groups excluding carboxylic acids is 2. The van der Waals surface area contributed by atoms with Crippen LogP contribution >= 0.6 is 11.6 Å². The van der Waals surface area contributed by atoms with E-state index in [1.807, 2.05) is 0 Å². The molecule has 226 valence electrons. The monoisotopic (exact) mass is 599 g/mol. The van der Waals surface area contributed by atoms with E-state index in [2.05, 4.69) is 34.0 Å². The van der Waals surface area contributed by atoms with Crippen molar-refractivity contribution < 1.29 is 24.2 Å². The van der Waals surface area contributed by atoms with Crippen LogP contribution in [0.4, 0.5) is 5.82 Å². The average molecular weight is 600 g/mol. The normalized spacial score (nSPS) is 16.5. The number of aromatic nitrogens is 3. The molecule has 4 N–H and O–H groups in total. The Morgan fingerprint density at radius 2 is 1.88 bits per heavy atom. The first-order valence-corrected chi connectivity index (χ1v) is 14.5. The number of imidazole rings is 1. The number of pyridine rings is 1. The molecule has 0 bridgehead atoms. The minimum Gasteiger partial charge on any atom is -0.475 e. The molecule has 5 rings (SSSR count). The predicted molar refractivity (Wildman–Crippen MR) is 160 cm³/mol. The van der Waals surface area contributed by atoms with Crippen molar-refractivity contribution in [2.45, 2.75) is 51.7 Å². The molecule has 0 aliphatic carbocycles. The third kappa shape index (κ3) is 8.25. The van der Waals surface area contributed by atoms with Crippen LogP contribution in [0.3, 0.4) is 0 Å². The van der Waals surface area contributed by atoms with Crippen molar-refractivity contribution in [3.05, 3.63) is 52.9 Å². The van der Waals surface area contributed by atoms with Gasteiger partial charge in [-0.3, -0.25) is 9.59 Å². The first kappa shape index (κ1) is 31.4. The summed E-state index contributed by atoms with van der Waals surface area (Å²) >= 11 is 5.79. The van der Waals surface area contributed by atoms with Crippen molar-refractivity contribution in [2.75, 3.05) is 44.7 Å². The van der Waals surface area contributed by atoms with Crippen molar-refractivity contribution in [2.24, 2.45) is 5.73 Å². The third-order valence-electron chi connectivity index (χ3n) is 7.30. The van der Waals surface area contributed by atoms with Gasteiger partial charge in [-0.2, -0.15) is 0 Å². The minimum absolute atomic E-state index is 0.171. The topological polar surface area (TPSA) is 156 Å². The number of ether oxygens (including phenoxy) is 1. The number of benzene rings is 1. The molecule has 0 spiro atoms. The molecule has 2 fully saturated rings. The fraction of sp³-hybridized carbons (Fsp3) is 0.483. The number of nitrogens with zero attached hydrogens (tertiary/aromatic N) is 5. The lowest BCUT2D eigenvalue weighted by Crippen LogP contribution is -2.42. The number of anilines is 1. The van der Waals surface area contributed by atoms with Crippen LogP contribution in [0, 0.1) is 0 Å². The number of carboxylic acids is 1. The summed E-state index contributed by atoms with van der Waals surface area (Å²) < 4.78 is 6.68. The van der Waals surface area contributed by atoms with E-state index in [-0.39, 0.29) is 24.1 Å². The largest absolute Gasteiger partial charge is 0.475 e. The van der Waals surface area contributed by atoms with Gasteiger partial charge in [-0.15, -0.1) is 0 Å². The second kappa shape index (κ2) is 14.5. The lowest BCUT2D eigenvalue weighted by atomic mass is 10.1. The SMILES string of the molecule is CC(C)N1CCC(N)CC1.O=C(Cn1c(C(=O)O)nc2cc(C(=O)N3CCCOCC3)ccc21)Nc1ccc(Cl)cn1. The van der Waals surface area contributed by atoms with Gasteiger partial charge in [-0.05, 0) is 76.5 Å². The quantitative estimate of drug-likeness (QED) is 0.387. The Bertz CT molecular complexity index is 1380. The summed E-state index contributed by atoms with van der Waals surface area (Å²) in [6, 6.07) is 9.04. The summed E-state index contributed by atoms with van der Waals surface area (Å²) in [7, 11) is 0. The van der Waals surface area contributed by atoms with E-state index in [1.165, 1.54) is 42.8 Å². The Morgan fingerprint density at radius 3 is 2.55 bits per heavy atom. The number of aromatic carboxylic acids is 1. The molecule has 1 aromatic carbocycles. The van der Waals surface area contributed by atoms with E-state index in [1.54, 1.807) is 29.2 Å². The maximum absolute atomic E-state index is 12.9. The first-order valence-electron chi connectivity index (χ1n) is 14.1. The molecule has 12 nitrogen and oxygen atoms in total. The van der Waals surface area contributed by atoms with Gasteiger partial charge >= 0.3 is 5.97 Å². The molecular formula is C29H38ClN7O5. The summed E-state index contributed by atoms with van der Waals surface area (Å²) in [6.45, 7) is 8.76. The summed E-state index contributed by atoms with van der Waals surface area (Å²) in [5, 5.41) is 12.6. The zero-order valence-corrected chi connectivity index (χ0v) is 24.7. The number of piperidine rings is 1. The van der Waals surface area contributed by atoms with Crippen LogP contribution in [0.2, 0.25) is 5.02 Å².